The summed E-state index contributed by atoms with van der Waals surface area (Å²) in [5.41, 5.74) is 8.20. The van der Waals surface area contributed by atoms with Crippen molar-refractivity contribution >= 4 is 16.7 Å². The molecule has 2 aromatic rings. The van der Waals surface area contributed by atoms with Gasteiger partial charge in [0, 0.05) is 10.8 Å². The molecule has 2 rings (SSSR count). The molecule has 74 valence electrons. The maximum absolute atomic E-state index is 5.69. The third kappa shape index (κ3) is 1.32. The smallest absolute Gasteiger partial charge is 0.181 e. The minimum atomic E-state index is 0.0320. The molecule has 0 amide bonds. The molecule has 3 N–H and O–H groups in total. The molecular formula is C10H14N4. The Balaban J connectivity index is 2.73. The summed E-state index contributed by atoms with van der Waals surface area (Å²) in [5.74, 6) is 0. The number of hydrogen-bond donors (Lipinski definition) is 2. The Labute approximate surface area is 82.5 Å². The number of H-pyrrole nitrogens is 1. The molecule has 0 saturated heterocycles. The number of nitrogen functional groups attached to an aromatic ring is 1. The number of hydrogen-bond acceptors (Lipinski definition) is 3. The Hall–Kier alpha value is -1.58. The lowest BCUT2D eigenvalue weighted by Crippen LogP contribution is -2.12. The van der Waals surface area contributed by atoms with Crippen LogP contribution in [0.3, 0.4) is 0 Å². The molecule has 0 aliphatic rings. The molecule has 0 aliphatic heterocycles. The van der Waals surface area contributed by atoms with E-state index < -0.39 is 0 Å². The third-order valence-corrected chi connectivity index (χ3v) is 2.18. The van der Waals surface area contributed by atoms with Crippen LogP contribution in [0.25, 0.3) is 11.0 Å². The molecular weight excluding hydrogens is 176 g/mol. The van der Waals surface area contributed by atoms with Crippen LogP contribution in [0.5, 0.6) is 0 Å². The van der Waals surface area contributed by atoms with E-state index in [1.807, 2.05) is 6.07 Å². The van der Waals surface area contributed by atoms with E-state index in [-0.39, 0.29) is 5.41 Å². The topological polar surface area (TPSA) is 67.6 Å². The molecule has 0 aliphatic carbocycles. The lowest BCUT2D eigenvalue weighted by molar-refractivity contribution is 0.571. The van der Waals surface area contributed by atoms with Crippen molar-refractivity contribution in [3.8, 4) is 0 Å². The summed E-state index contributed by atoms with van der Waals surface area (Å²) in [5, 5.41) is 8.16. The van der Waals surface area contributed by atoms with E-state index in [1.165, 1.54) is 0 Å². The first-order valence-corrected chi connectivity index (χ1v) is 4.58. The number of nitrogens with zero attached hydrogens (tertiary/aromatic N) is 2. The molecule has 4 nitrogen and oxygen atoms in total. The van der Waals surface area contributed by atoms with Crippen molar-refractivity contribution in [3.63, 3.8) is 0 Å². The third-order valence-electron chi connectivity index (χ3n) is 2.18. The molecule has 0 atom stereocenters. The summed E-state index contributed by atoms with van der Waals surface area (Å²) >= 11 is 0. The normalized spacial score (nSPS) is 12.2. The molecule has 0 aromatic carbocycles. The fourth-order valence-electron chi connectivity index (χ4n) is 1.49. The van der Waals surface area contributed by atoms with Crippen molar-refractivity contribution < 1.29 is 0 Å². The number of nitrogens with one attached hydrogen (secondary N) is 1. The second-order valence-electron chi connectivity index (χ2n) is 4.49. The first-order chi connectivity index (χ1) is 6.48. The highest BCUT2D eigenvalue weighted by atomic mass is 15.2. The van der Waals surface area contributed by atoms with Crippen LogP contribution in [0.1, 0.15) is 26.5 Å². The zero-order valence-electron chi connectivity index (χ0n) is 8.63. The predicted molar refractivity (Wildman–Crippen MR) is 57.0 cm³/mol. The summed E-state index contributed by atoms with van der Waals surface area (Å²) in [6.07, 6.45) is 1.62. The highest BCUT2D eigenvalue weighted by molar-refractivity contribution is 5.81. The summed E-state index contributed by atoms with van der Waals surface area (Å²) in [7, 11) is 0. The Morgan fingerprint density at radius 1 is 1.36 bits per heavy atom. The van der Waals surface area contributed by atoms with Crippen LogP contribution in [0.2, 0.25) is 0 Å². The second kappa shape index (κ2) is 2.70. The van der Waals surface area contributed by atoms with Gasteiger partial charge in [0.2, 0.25) is 0 Å². The monoisotopic (exact) mass is 190 g/mol. The van der Waals surface area contributed by atoms with Gasteiger partial charge in [-0.15, -0.1) is 0 Å². The number of anilines is 1. The van der Waals surface area contributed by atoms with Crippen molar-refractivity contribution in [2.24, 2.45) is 0 Å². The van der Waals surface area contributed by atoms with E-state index in [0.717, 1.165) is 16.7 Å². The van der Waals surface area contributed by atoms with Gasteiger partial charge < -0.3 is 5.73 Å². The minimum absolute atomic E-state index is 0.0320. The lowest BCUT2D eigenvalue weighted by atomic mass is 9.90. The van der Waals surface area contributed by atoms with Gasteiger partial charge in [-0.1, -0.05) is 20.8 Å². The molecule has 2 aromatic heterocycles. The van der Waals surface area contributed by atoms with Crippen molar-refractivity contribution in [1.82, 2.24) is 15.2 Å². The molecule has 0 radical (unpaired) electrons. The van der Waals surface area contributed by atoms with Gasteiger partial charge in [0.1, 0.15) is 0 Å². The number of fused-ring (bicyclic) bond motifs is 1. The Bertz CT molecular complexity index is 464. The van der Waals surface area contributed by atoms with Crippen molar-refractivity contribution in [3.05, 3.63) is 18.0 Å². The van der Waals surface area contributed by atoms with Gasteiger partial charge in [-0.2, -0.15) is 5.10 Å². The van der Waals surface area contributed by atoms with E-state index in [9.17, 15) is 0 Å². The Kier molecular flexibility index (Phi) is 1.74. The van der Waals surface area contributed by atoms with Crippen LogP contribution in [0.4, 0.5) is 5.69 Å². The maximum Gasteiger partial charge on any atom is 0.181 e. The minimum Gasteiger partial charge on any atom is -0.397 e. The molecule has 0 unspecified atom stereocenters. The first kappa shape index (κ1) is 8.99. The summed E-state index contributed by atoms with van der Waals surface area (Å²) in [6.45, 7) is 6.38. The quantitative estimate of drug-likeness (QED) is 0.666. The number of pyridine rings is 1. The van der Waals surface area contributed by atoms with E-state index in [1.54, 1.807) is 6.20 Å². The average Bonchev–Trinajstić information content (AvgIpc) is 2.45. The van der Waals surface area contributed by atoms with E-state index in [0.29, 0.717) is 5.69 Å². The van der Waals surface area contributed by atoms with E-state index >= 15 is 0 Å². The molecule has 0 fully saturated rings. The van der Waals surface area contributed by atoms with Crippen LogP contribution in [-0.4, -0.2) is 15.2 Å². The van der Waals surface area contributed by atoms with Crippen LogP contribution in [0.15, 0.2) is 12.3 Å². The summed E-state index contributed by atoms with van der Waals surface area (Å²) in [6, 6.07) is 1.91. The fraction of sp³-hybridized carbons (Fsp3) is 0.400. The molecule has 0 spiro atoms. The number of aromatic amines is 1. The van der Waals surface area contributed by atoms with Crippen molar-refractivity contribution in [2.45, 2.75) is 26.2 Å². The van der Waals surface area contributed by atoms with Gasteiger partial charge in [-0.3, -0.25) is 5.10 Å². The van der Waals surface area contributed by atoms with E-state index in [2.05, 4.69) is 36.0 Å². The Morgan fingerprint density at radius 3 is 2.71 bits per heavy atom. The van der Waals surface area contributed by atoms with E-state index in [4.69, 9.17) is 5.73 Å². The van der Waals surface area contributed by atoms with Gasteiger partial charge in [0.05, 0.1) is 17.6 Å². The second-order valence-corrected chi connectivity index (χ2v) is 4.49. The molecule has 14 heavy (non-hydrogen) atoms. The Morgan fingerprint density at radius 2 is 2.07 bits per heavy atom. The van der Waals surface area contributed by atoms with Gasteiger partial charge in [-0.25, -0.2) is 4.98 Å². The van der Waals surface area contributed by atoms with Crippen LogP contribution >= 0.6 is 0 Å². The van der Waals surface area contributed by atoms with Gasteiger partial charge in [-0.05, 0) is 6.07 Å². The lowest BCUT2D eigenvalue weighted by Gasteiger charge is -2.16. The van der Waals surface area contributed by atoms with Crippen molar-refractivity contribution in [1.29, 1.82) is 0 Å². The van der Waals surface area contributed by atoms with Crippen LogP contribution < -0.4 is 5.73 Å². The highest BCUT2D eigenvalue weighted by Gasteiger charge is 2.19. The van der Waals surface area contributed by atoms with Gasteiger partial charge in [0.25, 0.3) is 0 Å². The molecule has 2 heterocycles. The molecule has 0 bridgehead atoms. The largest absolute Gasteiger partial charge is 0.397 e. The zero-order valence-corrected chi connectivity index (χ0v) is 8.63. The highest BCUT2D eigenvalue weighted by Crippen LogP contribution is 2.27. The maximum atomic E-state index is 5.69. The zero-order chi connectivity index (χ0) is 10.3. The number of aromatic nitrogens is 3. The SMILES string of the molecule is CC(C)(C)c1[nH]nc2ncc(N)cc12. The van der Waals surface area contributed by atoms with Crippen LogP contribution in [-0.2, 0) is 5.41 Å². The predicted octanol–water partition coefficient (Wildman–Crippen LogP) is 1.84. The number of rotatable bonds is 0. The van der Waals surface area contributed by atoms with Gasteiger partial charge >= 0.3 is 0 Å². The summed E-state index contributed by atoms with van der Waals surface area (Å²) in [4.78, 5) is 4.15. The standard InChI is InChI=1S/C10H14N4/c1-10(2,3)8-7-4-6(11)5-12-9(7)14-13-8/h4-5H,11H2,1-3H3,(H,12,13,14). The molecule has 4 heteroatoms. The summed E-state index contributed by atoms with van der Waals surface area (Å²) < 4.78 is 0. The fourth-order valence-corrected chi connectivity index (χ4v) is 1.49. The van der Waals surface area contributed by atoms with Crippen LogP contribution in [0, 0.1) is 0 Å². The number of nitrogens with two attached hydrogens (primary N) is 1. The molecule has 0 saturated carbocycles. The first-order valence-electron chi connectivity index (χ1n) is 4.58. The van der Waals surface area contributed by atoms with Crippen molar-refractivity contribution in [2.75, 3.05) is 5.73 Å². The average molecular weight is 190 g/mol. The van der Waals surface area contributed by atoms with Gasteiger partial charge in [0.15, 0.2) is 5.65 Å².